The van der Waals surface area contributed by atoms with Crippen molar-refractivity contribution in [3.63, 3.8) is 0 Å². The van der Waals surface area contributed by atoms with E-state index in [9.17, 15) is 4.79 Å². The van der Waals surface area contributed by atoms with Crippen molar-refractivity contribution in [2.75, 3.05) is 13.2 Å². The fourth-order valence-corrected chi connectivity index (χ4v) is 0.744. The van der Waals surface area contributed by atoms with E-state index in [0.29, 0.717) is 18.7 Å². The summed E-state index contributed by atoms with van der Waals surface area (Å²) < 4.78 is 5.31. The van der Waals surface area contributed by atoms with Gasteiger partial charge in [0, 0.05) is 18.7 Å². The molecule has 0 spiro atoms. The SMILES string of the molecule is C=C(C)C(=O)NCCCOC(C)C. The van der Waals surface area contributed by atoms with Gasteiger partial charge in [-0.25, -0.2) is 0 Å². The average Bonchev–Trinajstić information content (AvgIpc) is 2.02. The highest BCUT2D eigenvalue weighted by Gasteiger charge is 1.99. The molecule has 3 nitrogen and oxygen atoms in total. The molecule has 0 unspecified atom stereocenters. The van der Waals surface area contributed by atoms with Crippen molar-refractivity contribution < 1.29 is 9.53 Å². The van der Waals surface area contributed by atoms with Crippen molar-refractivity contribution in [1.82, 2.24) is 5.32 Å². The number of hydrogen-bond donors (Lipinski definition) is 1. The summed E-state index contributed by atoms with van der Waals surface area (Å²) in [5, 5.41) is 2.74. The van der Waals surface area contributed by atoms with Gasteiger partial charge in [-0.15, -0.1) is 0 Å². The van der Waals surface area contributed by atoms with Crippen LogP contribution in [0.25, 0.3) is 0 Å². The predicted octanol–water partition coefficient (Wildman–Crippen LogP) is 1.49. The lowest BCUT2D eigenvalue weighted by molar-refractivity contribution is -0.117. The Balaban J connectivity index is 3.26. The van der Waals surface area contributed by atoms with Crippen LogP contribution in [0.4, 0.5) is 0 Å². The molecule has 0 fully saturated rings. The van der Waals surface area contributed by atoms with E-state index in [1.54, 1.807) is 6.92 Å². The highest BCUT2D eigenvalue weighted by Crippen LogP contribution is 1.90. The molecule has 0 atom stereocenters. The third kappa shape index (κ3) is 7.53. The molecule has 0 rings (SSSR count). The summed E-state index contributed by atoms with van der Waals surface area (Å²) in [5.41, 5.74) is 0.546. The van der Waals surface area contributed by atoms with Gasteiger partial charge in [0.1, 0.15) is 0 Å². The number of ether oxygens (including phenoxy) is 1. The van der Waals surface area contributed by atoms with E-state index in [-0.39, 0.29) is 12.0 Å². The molecule has 76 valence electrons. The summed E-state index contributed by atoms with van der Waals surface area (Å²) in [7, 11) is 0. The second kappa shape index (κ2) is 6.66. The minimum atomic E-state index is -0.0791. The summed E-state index contributed by atoms with van der Waals surface area (Å²) in [6.45, 7) is 10.6. The van der Waals surface area contributed by atoms with Crippen molar-refractivity contribution in [1.29, 1.82) is 0 Å². The molecule has 0 saturated carbocycles. The van der Waals surface area contributed by atoms with Crippen molar-refractivity contribution in [3.8, 4) is 0 Å². The summed E-state index contributed by atoms with van der Waals surface area (Å²) in [5.74, 6) is -0.0791. The molecule has 0 aromatic heterocycles. The maximum atomic E-state index is 11.0. The summed E-state index contributed by atoms with van der Waals surface area (Å²) in [6, 6.07) is 0. The van der Waals surface area contributed by atoms with Crippen molar-refractivity contribution in [2.24, 2.45) is 0 Å². The third-order valence-corrected chi connectivity index (χ3v) is 1.45. The first kappa shape index (κ1) is 12.2. The van der Waals surface area contributed by atoms with Gasteiger partial charge >= 0.3 is 0 Å². The van der Waals surface area contributed by atoms with Gasteiger partial charge in [0.15, 0.2) is 0 Å². The lowest BCUT2D eigenvalue weighted by Crippen LogP contribution is -2.25. The molecule has 3 heteroatoms. The van der Waals surface area contributed by atoms with Gasteiger partial charge in [0.25, 0.3) is 0 Å². The van der Waals surface area contributed by atoms with Gasteiger partial charge in [-0.1, -0.05) is 6.58 Å². The normalized spacial score (nSPS) is 10.2. The van der Waals surface area contributed by atoms with E-state index in [0.717, 1.165) is 6.42 Å². The largest absolute Gasteiger partial charge is 0.379 e. The van der Waals surface area contributed by atoms with Gasteiger partial charge in [-0.3, -0.25) is 4.79 Å². The van der Waals surface area contributed by atoms with E-state index < -0.39 is 0 Å². The second-order valence-corrected chi connectivity index (χ2v) is 3.31. The molecule has 0 heterocycles. The monoisotopic (exact) mass is 185 g/mol. The smallest absolute Gasteiger partial charge is 0.246 e. The molecular formula is C10H19NO2. The zero-order valence-electron chi connectivity index (χ0n) is 8.72. The highest BCUT2D eigenvalue weighted by atomic mass is 16.5. The maximum Gasteiger partial charge on any atom is 0.246 e. The van der Waals surface area contributed by atoms with Gasteiger partial charge in [0.05, 0.1) is 6.10 Å². The summed E-state index contributed by atoms with van der Waals surface area (Å²) in [6.07, 6.45) is 1.11. The Labute approximate surface area is 80.2 Å². The number of nitrogens with one attached hydrogen (secondary N) is 1. The van der Waals surface area contributed by atoms with Crippen molar-refractivity contribution >= 4 is 5.91 Å². The Hall–Kier alpha value is -0.830. The quantitative estimate of drug-likeness (QED) is 0.503. The van der Waals surface area contributed by atoms with Crippen LogP contribution in [0.2, 0.25) is 0 Å². The Kier molecular flexibility index (Phi) is 6.24. The number of hydrogen-bond acceptors (Lipinski definition) is 2. The van der Waals surface area contributed by atoms with Crippen LogP contribution < -0.4 is 5.32 Å². The number of carbonyl (C=O) groups excluding carboxylic acids is 1. The highest BCUT2D eigenvalue weighted by molar-refractivity contribution is 5.91. The first-order valence-electron chi connectivity index (χ1n) is 4.59. The van der Waals surface area contributed by atoms with E-state index in [1.807, 2.05) is 13.8 Å². The molecule has 1 N–H and O–H groups in total. The van der Waals surface area contributed by atoms with E-state index in [1.165, 1.54) is 0 Å². The zero-order chi connectivity index (χ0) is 10.3. The number of rotatable bonds is 6. The van der Waals surface area contributed by atoms with Gasteiger partial charge in [0.2, 0.25) is 5.91 Å². The Morgan fingerprint density at radius 1 is 1.54 bits per heavy atom. The molecule has 0 aromatic rings. The van der Waals surface area contributed by atoms with Gasteiger partial charge < -0.3 is 10.1 Å². The Morgan fingerprint density at radius 3 is 2.62 bits per heavy atom. The Bertz CT molecular complexity index is 176. The molecule has 0 aliphatic rings. The maximum absolute atomic E-state index is 11.0. The van der Waals surface area contributed by atoms with Crippen LogP contribution in [0.15, 0.2) is 12.2 Å². The van der Waals surface area contributed by atoms with E-state index in [4.69, 9.17) is 4.74 Å². The Morgan fingerprint density at radius 2 is 2.15 bits per heavy atom. The lowest BCUT2D eigenvalue weighted by atomic mass is 10.3. The average molecular weight is 185 g/mol. The molecule has 0 aliphatic heterocycles. The molecule has 13 heavy (non-hydrogen) atoms. The van der Waals surface area contributed by atoms with Gasteiger partial charge in [-0.05, 0) is 27.2 Å². The molecule has 0 aromatic carbocycles. The third-order valence-electron chi connectivity index (χ3n) is 1.45. The van der Waals surface area contributed by atoms with E-state index in [2.05, 4.69) is 11.9 Å². The minimum absolute atomic E-state index is 0.0791. The fraction of sp³-hybridized carbons (Fsp3) is 0.700. The minimum Gasteiger partial charge on any atom is -0.379 e. The van der Waals surface area contributed by atoms with Crippen LogP contribution in [-0.4, -0.2) is 25.2 Å². The molecule has 0 saturated heterocycles. The molecule has 0 radical (unpaired) electrons. The standard InChI is InChI=1S/C10H19NO2/c1-8(2)10(12)11-6-5-7-13-9(3)4/h9H,1,5-7H2,2-4H3,(H,11,12). The molecule has 0 bridgehead atoms. The van der Waals surface area contributed by atoms with Crippen molar-refractivity contribution in [2.45, 2.75) is 33.3 Å². The van der Waals surface area contributed by atoms with Crippen LogP contribution in [-0.2, 0) is 9.53 Å². The number of carbonyl (C=O) groups is 1. The topological polar surface area (TPSA) is 38.3 Å². The van der Waals surface area contributed by atoms with Crippen LogP contribution >= 0.6 is 0 Å². The lowest BCUT2D eigenvalue weighted by Gasteiger charge is -2.07. The first-order valence-corrected chi connectivity index (χ1v) is 4.59. The fourth-order valence-electron chi connectivity index (χ4n) is 0.744. The van der Waals surface area contributed by atoms with Crippen LogP contribution in [0.5, 0.6) is 0 Å². The summed E-state index contributed by atoms with van der Waals surface area (Å²) in [4.78, 5) is 11.0. The molecule has 1 amide bonds. The first-order chi connectivity index (χ1) is 6.04. The van der Waals surface area contributed by atoms with Crippen molar-refractivity contribution in [3.05, 3.63) is 12.2 Å². The predicted molar refractivity (Wildman–Crippen MR) is 53.5 cm³/mol. The van der Waals surface area contributed by atoms with Crippen LogP contribution in [0, 0.1) is 0 Å². The van der Waals surface area contributed by atoms with Gasteiger partial charge in [-0.2, -0.15) is 0 Å². The number of amides is 1. The zero-order valence-corrected chi connectivity index (χ0v) is 8.72. The second-order valence-electron chi connectivity index (χ2n) is 3.31. The molecule has 0 aliphatic carbocycles. The summed E-state index contributed by atoms with van der Waals surface area (Å²) >= 11 is 0. The molecular weight excluding hydrogens is 166 g/mol. The van der Waals surface area contributed by atoms with Crippen LogP contribution in [0.3, 0.4) is 0 Å². The van der Waals surface area contributed by atoms with Crippen LogP contribution in [0.1, 0.15) is 27.2 Å². The van der Waals surface area contributed by atoms with E-state index >= 15 is 0 Å².